The summed E-state index contributed by atoms with van der Waals surface area (Å²) >= 11 is 4.77. The van der Waals surface area contributed by atoms with Crippen LogP contribution < -0.4 is 10.6 Å². The van der Waals surface area contributed by atoms with Crippen molar-refractivity contribution in [2.75, 3.05) is 11.1 Å². The first-order valence-electron chi connectivity index (χ1n) is 10.3. The van der Waals surface area contributed by atoms with Crippen LogP contribution in [0.4, 0.5) is 5.69 Å². The Morgan fingerprint density at radius 2 is 1.88 bits per heavy atom. The number of rotatable bonds is 8. The first-order valence-corrected chi connectivity index (χ1v) is 12.1. The molecule has 1 atom stereocenters. The van der Waals surface area contributed by atoms with Gasteiger partial charge >= 0.3 is 0 Å². The Bertz CT molecular complexity index is 1130. The Morgan fingerprint density at radius 3 is 2.56 bits per heavy atom. The number of anilines is 1. The van der Waals surface area contributed by atoms with Crippen molar-refractivity contribution in [2.24, 2.45) is 0 Å². The molecule has 2 aromatic carbocycles. The maximum Gasteiger partial charge on any atom is 0.252 e. The fourth-order valence-corrected chi connectivity index (χ4v) is 4.30. The van der Waals surface area contributed by atoms with Gasteiger partial charge in [-0.1, -0.05) is 45.9 Å². The van der Waals surface area contributed by atoms with Crippen LogP contribution in [0, 0.1) is 13.8 Å². The number of hydrogen-bond donors (Lipinski definition) is 2. The Labute approximate surface area is 200 Å². The third-order valence-corrected chi connectivity index (χ3v) is 6.82. The average molecular weight is 516 g/mol. The van der Waals surface area contributed by atoms with Crippen LogP contribution in [0.25, 0.3) is 0 Å². The number of thioether (sulfide) groups is 1. The second kappa shape index (κ2) is 10.8. The number of hydrogen-bond acceptors (Lipinski definition) is 5. The van der Waals surface area contributed by atoms with E-state index in [0.717, 1.165) is 21.3 Å². The monoisotopic (exact) mass is 515 g/mol. The summed E-state index contributed by atoms with van der Waals surface area (Å²) in [6.07, 6.45) is 0. The van der Waals surface area contributed by atoms with Gasteiger partial charge in [0, 0.05) is 22.3 Å². The minimum absolute atomic E-state index is 0.121. The maximum absolute atomic E-state index is 12.7. The van der Waals surface area contributed by atoms with Crippen LogP contribution in [0.2, 0.25) is 0 Å². The van der Waals surface area contributed by atoms with E-state index in [4.69, 9.17) is 0 Å². The fourth-order valence-electron chi connectivity index (χ4n) is 3.24. The summed E-state index contributed by atoms with van der Waals surface area (Å²) in [5.41, 5.74) is 3.35. The van der Waals surface area contributed by atoms with Gasteiger partial charge in [0.05, 0.1) is 11.8 Å². The predicted molar refractivity (Wildman–Crippen MR) is 131 cm³/mol. The van der Waals surface area contributed by atoms with Crippen LogP contribution in [0.15, 0.2) is 52.1 Å². The number of nitrogens with zero attached hydrogens (tertiary/aromatic N) is 3. The van der Waals surface area contributed by atoms with Crippen LogP contribution in [-0.2, 0) is 11.3 Å². The van der Waals surface area contributed by atoms with E-state index in [9.17, 15) is 9.59 Å². The molecule has 1 aromatic heterocycles. The van der Waals surface area contributed by atoms with Gasteiger partial charge in [0.15, 0.2) is 11.0 Å². The van der Waals surface area contributed by atoms with Gasteiger partial charge in [-0.05, 0) is 63.1 Å². The van der Waals surface area contributed by atoms with Gasteiger partial charge in [-0.2, -0.15) is 0 Å². The van der Waals surface area contributed by atoms with E-state index in [1.807, 2.05) is 68.7 Å². The summed E-state index contributed by atoms with van der Waals surface area (Å²) in [6.45, 7) is 8.37. The molecule has 2 amide bonds. The number of carbonyl (C=O) groups excluding carboxylic acids is 2. The zero-order valence-electron chi connectivity index (χ0n) is 18.5. The molecule has 3 rings (SSSR count). The largest absolute Gasteiger partial charge is 0.342 e. The number of aromatic nitrogens is 3. The van der Waals surface area contributed by atoms with Crippen molar-refractivity contribution in [3.8, 4) is 0 Å². The van der Waals surface area contributed by atoms with Gasteiger partial charge < -0.3 is 15.2 Å². The van der Waals surface area contributed by atoms with Gasteiger partial charge in [-0.15, -0.1) is 10.2 Å². The lowest BCUT2D eigenvalue weighted by molar-refractivity contribution is -0.113. The molecule has 0 saturated heterocycles. The first kappa shape index (κ1) is 24.0. The predicted octanol–water partition coefficient (Wildman–Crippen LogP) is 4.90. The molecule has 1 heterocycles. The van der Waals surface area contributed by atoms with Crippen LogP contribution in [0.3, 0.4) is 0 Å². The molecule has 7 nitrogen and oxygen atoms in total. The van der Waals surface area contributed by atoms with Crippen LogP contribution in [0.5, 0.6) is 0 Å². The number of halogens is 1. The summed E-state index contributed by atoms with van der Waals surface area (Å²) < 4.78 is 2.92. The normalized spacial score (nSPS) is 11.8. The molecular weight excluding hydrogens is 490 g/mol. The second-order valence-corrected chi connectivity index (χ2v) is 9.19. The smallest absolute Gasteiger partial charge is 0.252 e. The van der Waals surface area contributed by atoms with Gasteiger partial charge in [-0.25, -0.2) is 0 Å². The Kier molecular flexibility index (Phi) is 8.09. The molecule has 0 unspecified atom stereocenters. The third-order valence-electron chi connectivity index (χ3n) is 4.96. The Balaban J connectivity index is 1.63. The number of aryl methyl sites for hydroxylation is 2. The minimum atomic E-state index is -0.330. The minimum Gasteiger partial charge on any atom is -0.342 e. The van der Waals surface area contributed by atoms with Gasteiger partial charge in [0.25, 0.3) is 5.91 Å². The number of carbonyl (C=O) groups is 2. The zero-order chi connectivity index (χ0) is 23.3. The standard InChI is InChI=1S/C23H26BrN5O2S/c1-5-29-21(16(4)25-22(31)18-9-7-6-8-14(18)2)27-28-23(29)32-13-20(30)26-17-10-11-19(24)15(3)12-17/h6-12,16H,5,13H2,1-4H3,(H,25,31)(H,26,30)/t16-/m0/s1. The van der Waals surface area contributed by atoms with E-state index in [-0.39, 0.29) is 23.6 Å². The van der Waals surface area contributed by atoms with E-state index in [0.29, 0.717) is 23.1 Å². The van der Waals surface area contributed by atoms with E-state index in [1.165, 1.54) is 11.8 Å². The zero-order valence-corrected chi connectivity index (χ0v) is 20.9. The Morgan fingerprint density at radius 1 is 1.12 bits per heavy atom. The Hall–Kier alpha value is -2.65. The lowest BCUT2D eigenvalue weighted by Gasteiger charge is -2.16. The van der Waals surface area contributed by atoms with Crippen molar-refractivity contribution in [3.05, 3.63) is 69.5 Å². The van der Waals surface area contributed by atoms with Crippen molar-refractivity contribution >= 4 is 45.2 Å². The summed E-state index contributed by atoms with van der Waals surface area (Å²) in [5, 5.41) is 15.1. The molecule has 0 fully saturated rings. The van der Waals surface area contributed by atoms with Crippen molar-refractivity contribution in [1.82, 2.24) is 20.1 Å². The van der Waals surface area contributed by atoms with Crippen molar-refractivity contribution in [3.63, 3.8) is 0 Å². The van der Waals surface area contributed by atoms with E-state index in [2.05, 4.69) is 36.8 Å². The lowest BCUT2D eigenvalue weighted by atomic mass is 10.1. The summed E-state index contributed by atoms with van der Waals surface area (Å²) in [7, 11) is 0. The second-order valence-electron chi connectivity index (χ2n) is 7.40. The molecule has 0 saturated carbocycles. The van der Waals surface area contributed by atoms with Gasteiger partial charge in [-0.3, -0.25) is 9.59 Å². The SMILES string of the molecule is CCn1c(SCC(=O)Nc2ccc(Br)c(C)c2)nnc1[C@H](C)NC(=O)c1ccccc1C. The van der Waals surface area contributed by atoms with Gasteiger partial charge in [0.1, 0.15) is 0 Å². The van der Waals surface area contributed by atoms with Gasteiger partial charge in [0.2, 0.25) is 5.91 Å². The molecule has 3 aromatic rings. The molecule has 0 aliphatic rings. The maximum atomic E-state index is 12.7. The first-order chi connectivity index (χ1) is 15.3. The third kappa shape index (κ3) is 5.77. The van der Waals surface area contributed by atoms with Crippen LogP contribution in [0.1, 0.15) is 47.2 Å². The molecule has 0 aliphatic carbocycles. The molecule has 32 heavy (non-hydrogen) atoms. The average Bonchev–Trinajstić information content (AvgIpc) is 3.18. The molecule has 9 heteroatoms. The summed E-state index contributed by atoms with van der Waals surface area (Å²) in [4.78, 5) is 25.1. The van der Waals surface area contributed by atoms with Crippen molar-refractivity contribution in [2.45, 2.75) is 45.4 Å². The highest BCUT2D eigenvalue weighted by atomic mass is 79.9. The van der Waals surface area contributed by atoms with Crippen LogP contribution >= 0.6 is 27.7 Å². The highest BCUT2D eigenvalue weighted by Gasteiger charge is 2.20. The van der Waals surface area contributed by atoms with Crippen LogP contribution in [-0.4, -0.2) is 32.3 Å². The molecule has 0 radical (unpaired) electrons. The molecule has 2 N–H and O–H groups in total. The summed E-state index contributed by atoms with van der Waals surface area (Å²) in [6, 6.07) is 12.8. The van der Waals surface area contributed by atoms with Crippen molar-refractivity contribution < 1.29 is 9.59 Å². The van der Waals surface area contributed by atoms with E-state index < -0.39 is 0 Å². The van der Waals surface area contributed by atoms with E-state index in [1.54, 1.807) is 6.07 Å². The lowest BCUT2D eigenvalue weighted by Crippen LogP contribution is -2.29. The molecule has 0 bridgehead atoms. The topological polar surface area (TPSA) is 88.9 Å². The molecule has 168 valence electrons. The molecular formula is C23H26BrN5O2S. The highest BCUT2D eigenvalue weighted by molar-refractivity contribution is 9.10. The summed E-state index contributed by atoms with van der Waals surface area (Å²) in [5.74, 6) is 0.585. The quantitative estimate of drug-likeness (QED) is 0.416. The molecule has 0 spiro atoms. The van der Waals surface area contributed by atoms with Crippen molar-refractivity contribution in [1.29, 1.82) is 0 Å². The highest BCUT2D eigenvalue weighted by Crippen LogP contribution is 2.23. The fraction of sp³-hybridized carbons (Fsp3) is 0.304. The van der Waals surface area contributed by atoms with E-state index >= 15 is 0 Å². The number of nitrogens with one attached hydrogen (secondary N) is 2. The molecule has 0 aliphatic heterocycles. The number of amides is 2. The number of benzene rings is 2.